The summed E-state index contributed by atoms with van der Waals surface area (Å²) in [5.74, 6) is -0.504. The second-order valence-corrected chi connectivity index (χ2v) is 4.96. The number of imide groups is 1. The summed E-state index contributed by atoms with van der Waals surface area (Å²) >= 11 is 0. The normalized spacial score (nSPS) is 26.4. The summed E-state index contributed by atoms with van der Waals surface area (Å²) in [5.41, 5.74) is 11.6. The molecule has 4 N–H and O–H groups in total. The molecule has 6 nitrogen and oxygen atoms in total. The number of rotatable bonds is 3. The molecule has 0 spiro atoms. The predicted octanol–water partition coefficient (Wildman–Crippen LogP) is 0.423. The first kappa shape index (κ1) is 20.8. The minimum Gasteiger partial charge on any atom is -0.328 e. The van der Waals surface area contributed by atoms with Gasteiger partial charge < -0.3 is 16.4 Å². The Morgan fingerprint density at radius 2 is 1.63 bits per heavy atom. The van der Waals surface area contributed by atoms with Crippen molar-refractivity contribution in [2.24, 2.45) is 17.4 Å². The lowest BCUT2D eigenvalue weighted by Crippen LogP contribution is -2.64. The largest absolute Gasteiger partial charge is 0.328 e. The van der Waals surface area contributed by atoms with E-state index in [1.165, 1.54) is 7.05 Å². The zero-order chi connectivity index (χ0) is 13.3. The number of hydrogen-bond donors (Lipinski definition) is 2. The highest BCUT2D eigenvalue weighted by Gasteiger charge is 2.44. The molecule has 0 aromatic rings. The van der Waals surface area contributed by atoms with Crippen LogP contribution >= 0.6 is 24.8 Å². The highest BCUT2D eigenvalue weighted by molar-refractivity contribution is 5.98. The number of hydrogen-bond acceptors (Lipinski definition) is 4. The van der Waals surface area contributed by atoms with Crippen LogP contribution in [0.2, 0.25) is 0 Å². The number of nitrogens with two attached hydrogens (primary N) is 2. The van der Waals surface area contributed by atoms with Crippen molar-refractivity contribution in [3.05, 3.63) is 0 Å². The lowest BCUT2D eigenvalue weighted by atomic mass is 9.85. The number of nitrogens with zero attached hydrogens (tertiary/aromatic N) is 2. The van der Waals surface area contributed by atoms with Gasteiger partial charge in [-0.1, -0.05) is 0 Å². The zero-order valence-electron chi connectivity index (χ0n) is 11.7. The van der Waals surface area contributed by atoms with Gasteiger partial charge in [0.2, 0.25) is 5.91 Å². The summed E-state index contributed by atoms with van der Waals surface area (Å²) in [6, 6.07) is -0.944. The van der Waals surface area contributed by atoms with Gasteiger partial charge in [-0.2, -0.15) is 0 Å². The van der Waals surface area contributed by atoms with E-state index in [2.05, 4.69) is 0 Å². The van der Waals surface area contributed by atoms with Crippen LogP contribution in [0, 0.1) is 5.92 Å². The molecular formula is C11H24Cl2N4O2. The summed E-state index contributed by atoms with van der Waals surface area (Å²) in [6.07, 6.45) is 0.535. The van der Waals surface area contributed by atoms with Crippen LogP contribution in [0.4, 0.5) is 4.79 Å². The number of carbonyl (C=O) groups excluding carboxylic acids is 2. The van der Waals surface area contributed by atoms with Crippen molar-refractivity contribution in [3.8, 4) is 0 Å². The maximum absolute atomic E-state index is 12.1. The highest BCUT2D eigenvalue weighted by Crippen LogP contribution is 2.26. The van der Waals surface area contributed by atoms with Crippen molar-refractivity contribution in [1.29, 1.82) is 0 Å². The fraction of sp³-hybridized carbons (Fsp3) is 0.818. The standard InChI is InChI=1S/C11H22N4O2.2ClH/c1-6(12)5-8-9(7(2)13)14(3)11(17)15(4)10(8)16;;/h6-9H,5,12-13H2,1-4H3;2*1H. The number of urea groups is 1. The molecule has 0 saturated carbocycles. The van der Waals surface area contributed by atoms with Crippen LogP contribution in [0.5, 0.6) is 0 Å². The molecule has 4 unspecified atom stereocenters. The third kappa shape index (κ3) is 4.21. The Labute approximate surface area is 126 Å². The predicted molar refractivity (Wildman–Crippen MR) is 79.6 cm³/mol. The van der Waals surface area contributed by atoms with Gasteiger partial charge in [0, 0.05) is 26.2 Å². The molecular weight excluding hydrogens is 291 g/mol. The van der Waals surface area contributed by atoms with Crippen LogP contribution in [0.3, 0.4) is 0 Å². The lowest BCUT2D eigenvalue weighted by Gasteiger charge is -2.44. The number of carbonyl (C=O) groups is 2. The first-order valence-electron chi connectivity index (χ1n) is 5.82. The molecule has 19 heavy (non-hydrogen) atoms. The zero-order valence-corrected chi connectivity index (χ0v) is 13.3. The van der Waals surface area contributed by atoms with Gasteiger partial charge >= 0.3 is 6.03 Å². The molecule has 0 aromatic heterocycles. The molecule has 1 fully saturated rings. The van der Waals surface area contributed by atoms with E-state index < -0.39 is 0 Å². The third-order valence-corrected chi connectivity index (χ3v) is 3.26. The molecule has 1 heterocycles. The summed E-state index contributed by atoms with van der Waals surface area (Å²) in [5, 5.41) is 0. The molecule has 1 saturated heterocycles. The Bertz CT molecular complexity index is 326. The average molecular weight is 315 g/mol. The smallest absolute Gasteiger partial charge is 0.326 e. The van der Waals surface area contributed by atoms with Gasteiger partial charge in [-0.15, -0.1) is 24.8 Å². The molecule has 114 valence electrons. The van der Waals surface area contributed by atoms with Crippen molar-refractivity contribution in [2.45, 2.75) is 38.4 Å². The topological polar surface area (TPSA) is 92.7 Å². The minimum absolute atomic E-state index is 0. The van der Waals surface area contributed by atoms with E-state index >= 15 is 0 Å². The molecule has 8 heteroatoms. The van der Waals surface area contributed by atoms with E-state index in [1.54, 1.807) is 18.9 Å². The van der Waals surface area contributed by atoms with Crippen LogP contribution in [-0.4, -0.2) is 54.0 Å². The highest BCUT2D eigenvalue weighted by atomic mass is 35.5. The van der Waals surface area contributed by atoms with E-state index in [1.807, 2.05) is 6.92 Å². The molecule has 1 aliphatic rings. The van der Waals surface area contributed by atoms with Crippen LogP contribution < -0.4 is 11.5 Å². The van der Waals surface area contributed by atoms with Gasteiger partial charge in [0.15, 0.2) is 0 Å². The maximum Gasteiger partial charge on any atom is 0.326 e. The molecule has 0 bridgehead atoms. The first-order valence-corrected chi connectivity index (χ1v) is 5.82. The lowest BCUT2D eigenvalue weighted by molar-refractivity contribution is -0.138. The summed E-state index contributed by atoms with van der Waals surface area (Å²) in [7, 11) is 3.17. The van der Waals surface area contributed by atoms with Crippen LogP contribution in [0.15, 0.2) is 0 Å². The molecule has 1 aliphatic heterocycles. The van der Waals surface area contributed by atoms with E-state index in [-0.39, 0.29) is 60.8 Å². The fourth-order valence-corrected chi connectivity index (χ4v) is 2.48. The van der Waals surface area contributed by atoms with Crippen molar-refractivity contribution < 1.29 is 9.59 Å². The van der Waals surface area contributed by atoms with E-state index in [9.17, 15) is 9.59 Å². The number of halogens is 2. The van der Waals surface area contributed by atoms with E-state index in [4.69, 9.17) is 11.5 Å². The number of likely N-dealkylation sites (N-methyl/N-ethyl adjacent to an activating group) is 1. The Kier molecular flexibility index (Phi) is 8.62. The quantitative estimate of drug-likeness (QED) is 0.789. The third-order valence-electron chi connectivity index (χ3n) is 3.26. The van der Waals surface area contributed by atoms with E-state index in [0.29, 0.717) is 6.42 Å². The Morgan fingerprint density at radius 3 is 2.00 bits per heavy atom. The van der Waals surface area contributed by atoms with Crippen LogP contribution in [0.25, 0.3) is 0 Å². The molecule has 0 aliphatic carbocycles. The summed E-state index contributed by atoms with van der Waals surface area (Å²) in [6.45, 7) is 3.66. The second kappa shape index (κ2) is 7.89. The second-order valence-electron chi connectivity index (χ2n) is 4.96. The fourth-order valence-electron chi connectivity index (χ4n) is 2.48. The van der Waals surface area contributed by atoms with Crippen molar-refractivity contribution in [2.75, 3.05) is 14.1 Å². The van der Waals surface area contributed by atoms with Gasteiger partial charge in [0.1, 0.15) is 0 Å². The van der Waals surface area contributed by atoms with E-state index in [0.717, 1.165) is 4.90 Å². The van der Waals surface area contributed by atoms with Crippen molar-refractivity contribution in [1.82, 2.24) is 9.80 Å². The average Bonchev–Trinajstić information content (AvgIpc) is 2.22. The first-order chi connectivity index (χ1) is 7.77. The summed E-state index contributed by atoms with van der Waals surface area (Å²) in [4.78, 5) is 26.6. The summed E-state index contributed by atoms with van der Waals surface area (Å²) < 4.78 is 0. The van der Waals surface area contributed by atoms with Crippen molar-refractivity contribution in [3.63, 3.8) is 0 Å². The number of amides is 3. The molecule has 0 radical (unpaired) electrons. The van der Waals surface area contributed by atoms with Gasteiger partial charge in [0.05, 0.1) is 12.0 Å². The van der Waals surface area contributed by atoms with Crippen LogP contribution in [0.1, 0.15) is 20.3 Å². The minimum atomic E-state index is -0.317. The van der Waals surface area contributed by atoms with Crippen LogP contribution in [-0.2, 0) is 4.79 Å². The van der Waals surface area contributed by atoms with Gasteiger partial charge in [-0.05, 0) is 20.3 Å². The Hall–Kier alpha value is -0.560. The van der Waals surface area contributed by atoms with Crippen molar-refractivity contribution >= 4 is 36.8 Å². The van der Waals surface area contributed by atoms with Gasteiger partial charge in [0.25, 0.3) is 0 Å². The maximum atomic E-state index is 12.1. The molecule has 1 rings (SSSR count). The van der Waals surface area contributed by atoms with Gasteiger partial charge in [-0.3, -0.25) is 9.69 Å². The molecule has 4 atom stereocenters. The van der Waals surface area contributed by atoms with Gasteiger partial charge in [-0.25, -0.2) is 4.79 Å². The Morgan fingerprint density at radius 1 is 1.16 bits per heavy atom. The molecule has 0 aromatic carbocycles. The SMILES string of the molecule is CC(N)CC1C(=O)N(C)C(=O)N(C)C1C(C)N.Cl.Cl. The Balaban J connectivity index is 0. The monoisotopic (exact) mass is 314 g/mol. The molecule has 3 amide bonds.